The van der Waals surface area contributed by atoms with Crippen molar-refractivity contribution in [1.82, 2.24) is 0 Å². The van der Waals surface area contributed by atoms with Crippen LogP contribution in [0.3, 0.4) is 0 Å². The van der Waals surface area contributed by atoms with Crippen LogP contribution in [0, 0.1) is 0 Å². The average molecular weight is 152 g/mol. The maximum absolute atomic E-state index is 9.15. The van der Waals surface area contributed by atoms with Gasteiger partial charge in [0.05, 0.1) is 20.3 Å². The number of ether oxygens (including phenoxy) is 2. The maximum atomic E-state index is 9.15. The molecular formula is C5H12O5. The minimum absolute atomic E-state index is 0.122. The number of aliphatic hydroxyl groups is 1. The van der Waals surface area contributed by atoms with Crippen molar-refractivity contribution in [3.05, 3.63) is 0 Å². The molecule has 10 heavy (non-hydrogen) atoms. The highest BCUT2D eigenvalue weighted by Crippen LogP contribution is 1.60. The number of hydrogen-bond acceptors (Lipinski definition) is 4. The zero-order valence-corrected chi connectivity index (χ0v) is 6.03. The number of methoxy groups -OCH3 is 2. The van der Waals surface area contributed by atoms with Crippen LogP contribution in [0.1, 0.15) is 0 Å². The van der Waals surface area contributed by atoms with Crippen LogP contribution in [0.25, 0.3) is 0 Å². The van der Waals surface area contributed by atoms with E-state index in [1.54, 1.807) is 7.11 Å². The minimum Gasteiger partial charge on any atom is -0.450 e. The second-order valence-corrected chi connectivity index (χ2v) is 1.19. The first-order chi connectivity index (χ1) is 4.68. The summed E-state index contributed by atoms with van der Waals surface area (Å²) < 4.78 is 8.11. The molecule has 0 saturated carbocycles. The summed E-state index contributed by atoms with van der Waals surface area (Å²) in [5, 5.41) is 15.4. The quantitative estimate of drug-likeness (QED) is 0.542. The lowest BCUT2D eigenvalue weighted by atomic mass is 10.8. The van der Waals surface area contributed by atoms with Crippen LogP contribution >= 0.6 is 0 Å². The Kier molecular flexibility index (Phi) is 13.2. The van der Waals surface area contributed by atoms with E-state index >= 15 is 0 Å². The molecule has 0 unspecified atom stereocenters. The zero-order valence-electron chi connectivity index (χ0n) is 6.03. The van der Waals surface area contributed by atoms with Gasteiger partial charge in [0.1, 0.15) is 0 Å². The van der Waals surface area contributed by atoms with Gasteiger partial charge in [-0.05, 0) is 0 Å². The summed E-state index contributed by atoms with van der Waals surface area (Å²) >= 11 is 0. The smallest absolute Gasteiger partial charge is 0.450 e. The Hall–Kier alpha value is -0.810. The number of rotatable bonds is 2. The standard InChI is InChI=1S/C3H8O2.C2H4O3/c1-5-3-2-4;1-5-2(3)4/h4H,2-3H2,1H3;1H3,(H,3,4). The van der Waals surface area contributed by atoms with Gasteiger partial charge in [-0.2, -0.15) is 0 Å². The van der Waals surface area contributed by atoms with Crippen LogP contribution in [-0.2, 0) is 9.47 Å². The van der Waals surface area contributed by atoms with Crippen LogP contribution in [0.2, 0.25) is 0 Å². The van der Waals surface area contributed by atoms with E-state index in [1.807, 2.05) is 0 Å². The first-order valence-corrected chi connectivity index (χ1v) is 2.55. The van der Waals surface area contributed by atoms with E-state index in [1.165, 1.54) is 0 Å². The first kappa shape index (κ1) is 11.9. The molecule has 0 spiro atoms. The van der Waals surface area contributed by atoms with E-state index in [9.17, 15) is 0 Å². The molecule has 5 nitrogen and oxygen atoms in total. The normalized spacial score (nSPS) is 7.50. The van der Waals surface area contributed by atoms with Gasteiger partial charge in [0.15, 0.2) is 0 Å². The highest BCUT2D eigenvalue weighted by molar-refractivity contribution is 5.56. The van der Waals surface area contributed by atoms with Gasteiger partial charge in [0, 0.05) is 7.11 Å². The SMILES string of the molecule is COC(=O)O.COCCO. The van der Waals surface area contributed by atoms with Crippen molar-refractivity contribution in [2.45, 2.75) is 0 Å². The second-order valence-electron chi connectivity index (χ2n) is 1.19. The Morgan fingerprint density at radius 3 is 1.90 bits per heavy atom. The number of carbonyl (C=O) groups is 1. The molecule has 62 valence electrons. The fourth-order valence-electron chi connectivity index (χ4n) is 0.0913. The molecule has 0 fully saturated rings. The Labute approximate surface area is 59.2 Å². The van der Waals surface area contributed by atoms with Gasteiger partial charge in [-0.25, -0.2) is 4.79 Å². The number of aliphatic hydroxyl groups excluding tert-OH is 1. The van der Waals surface area contributed by atoms with Crippen molar-refractivity contribution in [3.63, 3.8) is 0 Å². The van der Waals surface area contributed by atoms with Crippen LogP contribution in [0.4, 0.5) is 4.79 Å². The molecule has 0 aromatic heterocycles. The molecule has 0 rings (SSSR count). The largest absolute Gasteiger partial charge is 0.505 e. The first-order valence-electron chi connectivity index (χ1n) is 2.55. The summed E-state index contributed by atoms with van der Waals surface area (Å²) in [6.45, 7) is 0.566. The zero-order chi connectivity index (χ0) is 8.41. The van der Waals surface area contributed by atoms with E-state index in [-0.39, 0.29) is 6.61 Å². The van der Waals surface area contributed by atoms with Gasteiger partial charge >= 0.3 is 6.16 Å². The van der Waals surface area contributed by atoms with Crippen LogP contribution < -0.4 is 0 Å². The number of hydrogen-bond donors (Lipinski definition) is 2. The molecule has 2 N–H and O–H groups in total. The Morgan fingerprint density at radius 1 is 1.50 bits per heavy atom. The molecule has 0 aliphatic heterocycles. The highest BCUT2D eigenvalue weighted by Gasteiger charge is 1.80. The molecule has 0 heterocycles. The molecular weight excluding hydrogens is 140 g/mol. The fraction of sp³-hybridized carbons (Fsp3) is 0.800. The molecule has 0 radical (unpaired) electrons. The molecule has 5 heteroatoms. The van der Waals surface area contributed by atoms with Gasteiger partial charge < -0.3 is 19.7 Å². The Morgan fingerprint density at radius 2 is 1.90 bits per heavy atom. The maximum Gasteiger partial charge on any atom is 0.505 e. The predicted octanol–water partition coefficient (Wildman–Crippen LogP) is -0.0641. The second kappa shape index (κ2) is 11.0. The van der Waals surface area contributed by atoms with Crippen LogP contribution in [-0.4, -0.2) is 43.8 Å². The third kappa shape index (κ3) is 27.1. The topological polar surface area (TPSA) is 76.0 Å². The average Bonchev–Trinajstić information content (AvgIpc) is 1.91. The van der Waals surface area contributed by atoms with Crippen LogP contribution in [0.5, 0.6) is 0 Å². The van der Waals surface area contributed by atoms with Crippen molar-refractivity contribution in [1.29, 1.82) is 0 Å². The van der Waals surface area contributed by atoms with E-state index in [2.05, 4.69) is 9.47 Å². The van der Waals surface area contributed by atoms with Crippen molar-refractivity contribution in [2.24, 2.45) is 0 Å². The molecule has 0 aliphatic rings. The summed E-state index contributed by atoms with van der Waals surface area (Å²) in [7, 11) is 2.65. The summed E-state index contributed by atoms with van der Waals surface area (Å²) in [5.41, 5.74) is 0. The molecule has 0 saturated heterocycles. The molecule has 0 aromatic carbocycles. The van der Waals surface area contributed by atoms with E-state index < -0.39 is 6.16 Å². The Balaban J connectivity index is 0. The molecule has 0 bridgehead atoms. The van der Waals surface area contributed by atoms with Crippen LogP contribution in [0.15, 0.2) is 0 Å². The van der Waals surface area contributed by atoms with Gasteiger partial charge in [0.25, 0.3) is 0 Å². The molecule has 0 atom stereocenters. The van der Waals surface area contributed by atoms with Crippen molar-refractivity contribution < 1.29 is 24.5 Å². The van der Waals surface area contributed by atoms with Crippen molar-refractivity contribution in [3.8, 4) is 0 Å². The van der Waals surface area contributed by atoms with Gasteiger partial charge in [0.2, 0.25) is 0 Å². The molecule has 0 aliphatic carbocycles. The third-order valence-electron chi connectivity index (χ3n) is 0.470. The van der Waals surface area contributed by atoms with E-state index in [0.717, 1.165) is 7.11 Å². The van der Waals surface area contributed by atoms with E-state index in [4.69, 9.17) is 15.0 Å². The lowest BCUT2D eigenvalue weighted by molar-refractivity contribution is 0.114. The minimum atomic E-state index is -1.25. The fourth-order valence-corrected chi connectivity index (χ4v) is 0.0913. The predicted molar refractivity (Wildman–Crippen MR) is 34.0 cm³/mol. The lowest BCUT2D eigenvalue weighted by Crippen LogP contribution is -1.91. The summed E-state index contributed by atoms with van der Waals surface area (Å²) in [4.78, 5) is 9.15. The van der Waals surface area contributed by atoms with Crippen molar-refractivity contribution >= 4 is 6.16 Å². The Bertz CT molecular complexity index is 70.4. The van der Waals surface area contributed by atoms with E-state index in [0.29, 0.717) is 6.61 Å². The highest BCUT2D eigenvalue weighted by atomic mass is 16.6. The number of carboxylic acid groups (broad SMARTS) is 1. The summed E-state index contributed by atoms with van der Waals surface area (Å²) in [6, 6.07) is 0. The van der Waals surface area contributed by atoms with Gasteiger partial charge in [-0.15, -0.1) is 0 Å². The van der Waals surface area contributed by atoms with Gasteiger partial charge in [-0.3, -0.25) is 0 Å². The molecule has 0 aromatic rings. The third-order valence-corrected chi connectivity index (χ3v) is 0.470. The lowest BCUT2D eigenvalue weighted by Gasteiger charge is -1.84. The van der Waals surface area contributed by atoms with Gasteiger partial charge in [-0.1, -0.05) is 0 Å². The monoisotopic (exact) mass is 152 g/mol. The summed E-state index contributed by atoms with van der Waals surface area (Å²) in [5.74, 6) is 0. The van der Waals surface area contributed by atoms with Crippen molar-refractivity contribution in [2.75, 3.05) is 27.4 Å². The molecule has 0 amide bonds. The summed E-state index contributed by atoms with van der Waals surface area (Å²) in [6.07, 6.45) is -1.25.